The van der Waals surface area contributed by atoms with Crippen LogP contribution in [-0.4, -0.2) is 53.0 Å². The smallest absolute Gasteiger partial charge is 0.403 e. The molecule has 0 bridgehead atoms. The van der Waals surface area contributed by atoms with Crippen LogP contribution in [0.2, 0.25) is 10.0 Å². The molecule has 11 nitrogen and oxygen atoms in total. The molecule has 0 aliphatic heterocycles. The molecule has 5 N–H and O–H groups in total. The van der Waals surface area contributed by atoms with Crippen LogP contribution < -0.4 is 20.5 Å². The topological polar surface area (TPSA) is 163 Å². The van der Waals surface area contributed by atoms with Gasteiger partial charge in [0.2, 0.25) is 11.8 Å². The highest BCUT2D eigenvalue weighted by atomic mass is 35.5. The highest BCUT2D eigenvalue weighted by Crippen LogP contribution is 2.38. The summed E-state index contributed by atoms with van der Waals surface area (Å²) in [6.07, 6.45) is 0.492. The Morgan fingerprint density at radius 3 is 2.30 bits per heavy atom. The molecule has 220 valence electrons. The molecule has 4 atom stereocenters. The van der Waals surface area contributed by atoms with E-state index < -0.39 is 50.1 Å². The summed E-state index contributed by atoms with van der Waals surface area (Å²) in [6, 6.07) is 9.51. The van der Waals surface area contributed by atoms with E-state index in [1.54, 1.807) is 56.3 Å². The molecule has 0 fully saturated rings. The van der Waals surface area contributed by atoms with Gasteiger partial charge in [-0.25, -0.2) is 9.65 Å². The zero-order chi connectivity index (χ0) is 29.9. The zero-order valence-corrected chi connectivity index (χ0v) is 24.8. The second kappa shape index (κ2) is 16.0. The van der Waals surface area contributed by atoms with E-state index in [4.69, 9.17) is 37.6 Å². The van der Waals surface area contributed by atoms with E-state index in [1.807, 2.05) is 0 Å². The zero-order valence-electron chi connectivity index (χ0n) is 22.4. The molecule has 1 unspecified atom stereocenters. The number of carboxylic acids is 1. The van der Waals surface area contributed by atoms with Crippen LogP contribution in [0.5, 0.6) is 5.75 Å². The summed E-state index contributed by atoms with van der Waals surface area (Å²) in [5.41, 5.74) is 1.39. The molecule has 2 rings (SSSR count). The largest absolute Gasteiger partial charge is 0.489 e. The van der Waals surface area contributed by atoms with Gasteiger partial charge >= 0.3 is 13.7 Å². The molecule has 0 saturated heterocycles. The Balaban J connectivity index is 2.17. The van der Waals surface area contributed by atoms with Crippen LogP contribution in [0.1, 0.15) is 38.3 Å². The maximum Gasteiger partial charge on any atom is 0.403 e. The molecule has 40 heavy (non-hydrogen) atoms. The van der Waals surface area contributed by atoms with Gasteiger partial charge in [-0.2, -0.15) is 0 Å². The van der Waals surface area contributed by atoms with Crippen molar-refractivity contribution in [3.8, 4) is 5.75 Å². The van der Waals surface area contributed by atoms with Crippen molar-refractivity contribution < 1.29 is 38.2 Å². The first-order valence-electron chi connectivity index (χ1n) is 12.6. The van der Waals surface area contributed by atoms with E-state index in [0.29, 0.717) is 27.8 Å². The summed E-state index contributed by atoms with van der Waals surface area (Å²) in [5.74, 6) is -2.56. The maximum atomic E-state index is 13.2. The standard InChI is InChI=1S/C26H34Cl2N3O8P/c1-4-16(3)24(31-40(36,37)39-5-2)26(35)30-22(25(34)29-14-23(32)33)12-17-6-10-20(11-7-17)38-15-18-8-9-19(27)13-21(18)28/h6-11,13,16,22,24H,4-5,12,14-15H2,1-3H3,(H,29,34)(H,30,35)(H,32,33)(H2,31,36,37)/t16-,22-,24-/m0/s1. The van der Waals surface area contributed by atoms with E-state index in [0.717, 1.165) is 5.56 Å². The van der Waals surface area contributed by atoms with Gasteiger partial charge < -0.3 is 25.4 Å². The molecular formula is C26H34Cl2N3O8P. The number of hydrogen-bond donors (Lipinski definition) is 5. The fourth-order valence-electron chi connectivity index (χ4n) is 3.58. The lowest BCUT2D eigenvalue weighted by Gasteiger charge is -2.27. The van der Waals surface area contributed by atoms with Gasteiger partial charge in [-0.05, 0) is 42.7 Å². The second-order valence-corrected chi connectivity index (χ2v) is 11.4. The first kappa shape index (κ1) is 33.5. The first-order chi connectivity index (χ1) is 18.8. The summed E-state index contributed by atoms with van der Waals surface area (Å²) < 4.78 is 22.9. The predicted octanol–water partition coefficient (Wildman–Crippen LogP) is 3.94. The molecule has 0 heterocycles. The van der Waals surface area contributed by atoms with Crippen LogP contribution in [0.25, 0.3) is 0 Å². The highest BCUT2D eigenvalue weighted by molar-refractivity contribution is 7.50. The normalized spacial score (nSPS) is 14.8. The van der Waals surface area contributed by atoms with Gasteiger partial charge in [-0.3, -0.25) is 18.9 Å². The van der Waals surface area contributed by atoms with Gasteiger partial charge in [0, 0.05) is 22.0 Å². The number of hydrogen-bond acceptors (Lipinski definition) is 6. The van der Waals surface area contributed by atoms with Gasteiger partial charge in [0.25, 0.3) is 0 Å². The van der Waals surface area contributed by atoms with Crippen molar-refractivity contribution in [1.29, 1.82) is 0 Å². The lowest BCUT2D eigenvalue weighted by atomic mass is 9.98. The number of ether oxygens (including phenoxy) is 1. The maximum absolute atomic E-state index is 13.2. The predicted molar refractivity (Wildman–Crippen MR) is 151 cm³/mol. The Labute approximate surface area is 243 Å². The number of halogens is 2. The van der Waals surface area contributed by atoms with E-state index >= 15 is 0 Å². The number of amides is 2. The van der Waals surface area contributed by atoms with Crippen molar-refractivity contribution in [2.24, 2.45) is 5.92 Å². The molecule has 0 spiro atoms. The van der Waals surface area contributed by atoms with Gasteiger partial charge in [0.05, 0.1) is 12.6 Å². The fourth-order valence-corrected chi connectivity index (χ4v) is 5.19. The van der Waals surface area contributed by atoms with Crippen LogP contribution >= 0.6 is 30.9 Å². The Morgan fingerprint density at radius 1 is 1.05 bits per heavy atom. The molecule has 2 amide bonds. The van der Waals surface area contributed by atoms with Crippen LogP contribution in [-0.2, 0) is 36.5 Å². The Morgan fingerprint density at radius 2 is 1.73 bits per heavy atom. The van der Waals surface area contributed by atoms with E-state index in [-0.39, 0.29) is 19.6 Å². The van der Waals surface area contributed by atoms with Crippen LogP contribution in [0.4, 0.5) is 0 Å². The molecular weight excluding hydrogens is 584 g/mol. The SMILES string of the molecule is CCOP(=O)(O)N[C@H](C(=O)N[C@@H](Cc1ccc(OCc2ccc(Cl)cc2Cl)cc1)C(=O)NCC(=O)O)[C@@H](C)CC. The quantitative estimate of drug-likeness (QED) is 0.175. The van der Waals surface area contributed by atoms with Crippen molar-refractivity contribution in [1.82, 2.24) is 15.7 Å². The minimum Gasteiger partial charge on any atom is -0.489 e. The Bertz CT molecular complexity index is 1210. The third kappa shape index (κ3) is 11.1. The average molecular weight is 618 g/mol. The molecule has 0 radical (unpaired) electrons. The molecule has 0 aromatic heterocycles. The summed E-state index contributed by atoms with van der Waals surface area (Å²) in [5, 5.41) is 17.2. The monoisotopic (exact) mass is 617 g/mol. The van der Waals surface area contributed by atoms with E-state index in [2.05, 4.69) is 15.7 Å². The minimum atomic E-state index is -4.29. The van der Waals surface area contributed by atoms with Gasteiger partial charge in [0.1, 0.15) is 24.9 Å². The van der Waals surface area contributed by atoms with Crippen molar-refractivity contribution >= 4 is 48.7 Å². The van der Waals surface area contributed by atoms with Crippen molar-refractivity contribution in [3.05, 3.63) is 63.6 Å². The van der Waals surface area contributed by atoms with Crippen LogP contribution in [0.3, 0.4) is 0 Å². The van der Waals surface area contributed by atoms with Crippen molar-refractivity contribution in [3.63, 3.8) is 0 Å². The summed E-state index contributed by atoms with van der Waals surface area (Å²) in [4.78, 5) is 47.1. The molecule has 2 aromatic carbocycles. The van der Waals surface area contributed by atoms with Crippen molar-refractivity contribution in [2.75, 3.05) is 13.2 Å². The third-order valence-corrected chi connectivity index (χ3v) is 7.72. The summed E-state index contributed by atoms with van der Waals surface area (Å²) >= 11 is 12.1. The number of benzene rings is 2. The lowest BCUT2D eigenvalue weighted by molar-refractivity contribution is -0.138. The third-order valence-electron chi connectivity index (χ3n) is 5.92. The summed E-state index contributed by atoms with van der Waals surface area (Å²) in [6.45, 7) is 4.55. The second-order valence-electron chi connectivity index (χ2n) is 8.98. The first-order valence-corrected chi connectivity index (χ1v) is 14.9. The van der Waals surface area contributed by atoms with Crippen molar-refractivity contribution in [2.45, 2.75) is 52.3 Å². The minimum absolute atomic E-state index is 0.00988. The number of carbonyl (C=O) groups excluding carboxylic acids is 2. The molecule has 0 aliphatic carbocycles. The molecule has 14 heteroatoms. The Kier molecular flexibility index (Phi) is 13.4. The molecule has 0 saturated carbocycles. The average Bonchev–Trinajstić information content (AvgIpc) is 2.89. The Hall–Kier alpha value is -2.66. The van der Waals surface area contributed by atoms with Gasteiger partial charge in [-0.15, -0.1) is 0 Å². The molecule has 2 aromatic rings. The van der Waals surface area contributed by atoms with E-state index in [1.165, 1.54) is 6.92 Å². The number of carboxylic acid groups (broad SMARTS) is 1. The van der Waals surface area contributed by atoms with Gasteiger partial charge in [-0.1, -0.05) is 61.7 Å². The lowest BCUT2D eigenvalue weighted by Crippen LogP contribution is -2.55. The number of aliphatic carboxylic acids is 1. The van der Waals surface area contributed by atoms with Gasteiger partial charge in [0.15, 0.2) is 0 Å². The number of nitrogens with one attached hydrogen (secondary N) is 3. The van der Waals surface area contributed by atoms with E-state index in [9.17, 15) is 23.8 Å². The number of rotatable bonds is 16. The molecule has 0 aliphatic rings. The van der Waals surface area contributed by atoms with Crippen LogP contribution in [0, 0.1) is 5.92 Å². The summed E-state index contributed by atoms with van der Waals surface area (Å²) in [7, 11) is -4.29. The highest BCUT2D eigenvalue weighted by Gasteiger charge is 2.34. The fraction of sp³-hybridized carbons (Fsp3) is 0.423. The van der Waals surface area contributed by atoms with Crippen LogP contribution in [0.15, 0.2) is 42.5 Å². The number of carbonyl (C=O) groups is 3.